The van der Waals surface area contributed by atoms with Gasteiger partial charge in [0.2, 0.25) is 0 Å². The molecule has 0 aliphatic carbocycles. The van der Waals surface area contributed by atoms with Crippen molar-refractivity contribution in [3.63, 3.8) is 0 Å². The van der Waals surface area contributed by atoms with E-state index in [0.29, 0.717) is 0 Å². The molecule has 0 saturated carbocycles. The van der Waals surface area contributed by atoms with Crippen LogP contribution in [0.2, 0.25) is 0 Å². The summed E-state index contributed by atoms with van der Waals surface area (Å²) in [6.45, 7) is 2.15. The molecule has 1 atom stereocenters. The number of benzene rings is 2. The van der Waals surface area contributed by atoms with E-state index in [1.807, 2.05) is 18.2 Å². The molecule has 2 N–H and O–H groups in total. The number of rotatable bonds is 4. The molecule has 0 bridgehead atoms. The van der Waals surface area contributed by atoms with Gasteiger partial charge >= 0.3 is 0 Å². The summed E-state index contributed by atoms with van der Waals surface area (Å²) in [7, 11) is 1.70. The van der Waals surface area contributed by atoms with Crippen LogP contribution in [0.5, 0.6) is 5.75 Å². The summed E-state index contributed by atoms with van der Waals surface area (Å²) in [4.78, 5) is 0. The number of hydrogen-bond donors (Lipinski definition) is 1. The Hall–Kier alpha value is -1.54. The maximum absolute atomic E-state index is 6.27. The van der Waals surface area contributed by atoms with Gasteiger partial charge in [0.1, 0.15) is 5.75 Å². The van der Waals surface area contributed by atoms with Crippen LogP contribution in [0.25, 0.3) is 10.8 Å². The Morgan fingerprint density at radius 3 is 2.65 bits per heavy atom. The maximum atomic E-state index is 6.27. The van der Waals surface area contributed by atoms with Crippen molar-refractivity contribution in [2.24, 2.45) is 5.73 Å². The zero-order chi connectivity index (χ0) is 12.3. The van der Waals surface area contributed by atoms with Gasteiger partial charge in [-0.15, -0.1) is 0 Å². The van der Waals surface area contributed by atoms with Gasteiger partial charge in [0.05, 0.1) is 7.11 Å². The third-order valence-electron chi connectivity index (χ3n) is 3.12. The molecule has 0 radical (unpaired) electrons. The van der Waals surface area contributed by atoms with Gasteiger partial charge in [-0.25, -0.2) is 0 Å². The number of hydrogen-bond acceptors (Lipinski definition) is 2. The first-order valence-electron chi connectivity index (χ1n) is 6.09. The van der Waals surface area contributed by atoms with Crippen molar-refractivity contribution in [1.29, 1.82) is 0 Å². The van der Waals surface area contributed by atoms with Crippen molar-refractivity contribution < 1.29 is 4.74 Å². The Kier molecular flexibility index (Phi) is 3.64. The Morgan fingerprint density at radius 1 is 1.18 bits per heavy atom. The monoisotopic (exact) mass is 229 g/mol. The molecule has 2 rings (SSSR count). The van der Waals surface area contributed by atoms with Crippen LogP contribution in [0.15, 0.2) is 36.4 Å². The highest BCUT2D eigenvalue weighted by Crippen LogP contribution is 2.33. The number of methoxy groups -OCH3 is 1. The van der Waals surface area contributed by atoms with Crippen LogP contribution < -0.4 is 10.5 Å². The number of fused-ring (bicyclic) bond motifs is 1. The van der Waals surface area contributed by atoms with Crippen LogP contribution in [0.1, 0.15) is 31.4 Å². The Morgan fingerprint density at radius 2 is 1.94 bits per heavy atom. The van der Waals surface area contributed by atoms with E-state index in [1.54, 1.807) is 7.11 Å². The van der Waals surface area contributed by atoms with Gasteiger partial charge in [-0.3, -0.25) is 0 Å². The van der Waals surface area contributed by atoms with E-state index in [-0.39, 0.29) is 6.04 Å². The molecular formula is C15H19NO. The Labute approximate surface area is 102 Å². The summed E-state index contributed by atoms with van der Waals surface area (Å²) in [6, 6.07) is 12.4. The maximum Gasteiger partial charge on any atom is 0.124 e. The summed E-state index contributed by atoms with van der Waals surface area (Å²) < 4.78 is 5.44. The fourth-order valence-electron chi connectivity index (χ4n) is 2.29. The van der Waals surface area contributed by atoms with Crippen LogP contribution in [0, 0.1) is 0 Å². The van der Waals surface area contributed by atoms with E-state index in [4.69, 9.17) is 10.5 Å². The second kappa shape index (κ2) is 5.19. The molecule has 0 heterocycles. The number of ether oxygens (including phenoxy) is 1. The average Bonchev–Trinajstić information content (AvgIpc) is 2.37. The summed E-state index contributed by atoms with van der Waals surface area (Å²) in [5.41, 5.74) is 7.40. The van der Waals surface area contributed by atoms with Crippen molar-refractivity contribution in [2.75, 3.05) is 7.11 Å². The second-order valence-electron chi connectivity index (χ2n) is 4.30. The lowest BCUT2D eigenvalue weighted by molar-refractivity contribution is 0.405. The molecule has 0 saturated heterocycles. The van der Waals surface area contributed by atoms with Crippen LogP contribution in [-0.2, 0) is 0 Å². The van der Waals surface area contributed by atoms with Crippen molar-refractivity contribution in [2.45, 2.75) is 25.8 Å². The number of nitrogens with two attached hydrogens (primary N) is 1. The lowest BCUT2D eigenvalue weighted by Gasteiger charge is -2.17. The minimum Gasteiger partial charge on any atom is -0.496 e. The van der Waals surface area contributed by atoms with Gasteiger partial charge < -0.3 is 10.5 Å². The van der Waals surface area contributed by atoms with Crippen LogP contribution >= 0.6 is 0 Å². The van der Waals surface area contributed by atoms with Gasteiger partial charge in [0, 0.05) is 11.6 Å². The molecule has 0 fully saturated rings. The molecule has 0 aliphatic heterocycles. The highest BCUT2D eigenvalue weighted by molar-refractivity contribution is 5.88. The first-order valence-corrected chi connectivity index (χ1v) is 6.09. The highest BCUT2D eigenvalue weighted by Gasteiger charge is 2.14. The van der Waals surface area contributed by atoms with Gasteiger partial charge in [-0.05, 0) is 23.3 Å². The lowest BCUT2D eigenvalue weighted by Crippen LogP contribution is -2.11. The molecule has 2 aromatic rings. The molecule has 2 aromatic carbocycles. The minimum absolute atomic E-state index is 0.0426. The van der Waals surface area contributed by atoms with E-state index >= 15 is 0 Å². The van der Waals surface area contributed by atoms with Crippen molar-refractivity contribution >= 4 is 10.8 Å². The topological polar surface area (TPSA) is 35.2 Å². The van der Waals surface area contributed by atoms with Gasteiger partial charge in [-0.2, -0.15) is 0 Å². The van der Waals surface area contributed by atoms with E-state index in [2.05, 4.69) is 25.1 Å². The van der Waals surface area contributed by atoms with Crippen molar-refractivity contribution in [3.05, 3.63) is 42.0 Å². The fourth-order valence-corrected chi connectivity index (χ4v) is 2.29. The van der Waals surface area contributed by atoms with E-state index in [1.165, 1.54) is 10.8 Å². The molecule has 0 aliphatic rings. The van der Waals surface area contributed by atoms with Gasteiger partial charge in [0.25, 0.3) is 0 Å². The quantitative estimate of drug-likeness (QED) is 0.868. The predicted octanol–water partition coefficient (Wildman–Crippen LogP) is 3.65. The Balaban J connectivity index is 2.62. The molecular weight excluding hydrogens is 210 g/mol. The van der Waals surface area contributed by atoms with Crippen LogP contribution in [0.3, 0.4) is 0 Å². The zero-order valence-corrected chi connectivity index (χ0v) is 10.4. The minimum atomic E-state index is 0.0426. The van der Waals surface area contributed by atoms with E-state index in [0.717, 1.165) is 24.2 Å². The van der Waals surface area contributed by atoms with Crippen LogP contribution in [-0.4, -0.2) is 7.11 Å². The second-order valence-corrected chi connectivity index (χ2v) is 4.30. The van der Waals surface area contributed by atoms with Gasteiger partial charge in [-0.1, -0.05) is 43.7 Å². The third-order valence-corrected chi connectivity index (χ3v) is 3.12. The first-order chi connectivity index (χ1) is 8.27. The third kappa shape index (κ3) is 2.27. The summed E-state index contributed by atoms with van der Waals surface area (Å²) in [6.07, 6.45) is 2.05. The summed E-state index contributed by atoms with van der Waals surface area (Å²) >= 11 is 0. The average molecular weight is 229 g/mol. The molecule has 17 heavy (non-hydrogen) atoms. The first kappa shape index (κ1) is 11.9. The normalized spacial score (nSPS) is 12.6. The largest absolute Gasteiger partial charge is 0.496 e. The molecule has 2 heteroatoms. The molecule has 0 spiro atoms. The molecule has 0 amide bonds. The smallest absolute Gasteiger partial charge is 0.124 e. The van der Waals surface area contributed by atoms with Crippen molar-refractivity contribution in [1.82, 2.24) is 0 Å². The molecule has 0 aromatic heterocycles. The van der Waals surface area contributed by atoms with E-state index in [9.17, 15) is 0 Å². The SMILES string of the molecule is CCC[C@H](N)c1c(OC)ccc2ccccc12. The van der Waals surface area contributed by atoms with Crippen LogP contribution in [0.4, 0.5) is 0 Å². The molecule has 0 unspecified atom stereocenters. The van der Waals surface area contributed by atoms with Gasteiger partial charge in [0.15, 0.2) is 0 Å². The lowest BCUT2D eigenvalue weighted by atomic mass is 9.95. The highest BCUT2D eigenvalue weighted by atomic mass is 16.5. The summed E-state index contributed by atoms with van der Waals surface area (Å²) in [5.74, 6) is 0.893. The fraction of sp³-hybridized carbons (Fsp3) is 0.333. The van der Waals surface area contributed by atoms with E-state index < -0.39 is 0 Å². The van der Waals surface area contributed by atoms with Crippen molar-refractivity contribution in [3.8, 4) is 5.75 Å². The zero-order valence-electron chi connectivity index (χ0n) is 10.4. The standard InChI is InChI=1S/C15H19NO/c1-3-6-13(16)15-12-8-5-4-7-11(12)9-10-14(15)17-2/h4-5,7-10,13H,3,6,16H2,1-2H3/t13-/m0/s1. The molecule has 2 nitrogen and oxygen atoms in total. The summed E-state index contributed by atoms with van der Waals surface area (Å²) in [5, 5.41) is 2.42. The predicted molar refractivity (Wildman–Crippen MR) is 72.3 cm³/mol. The Bertz CT molecular complexity index is 507. The molecule has 90 valence electrons.